The molecule has 3 unspecified atom stereocenters. The summed E-state index contributed by atoms with van der Waals surface area (Å²) < 4.78 is 71.8. The molecule has 0 aliphatic rings. The number of carboxylic acids is 1. The molecule has 0 aromatic heterocycles. The van der Waals surface area contributed by atoms with Crippen LogP contribution in [0.15, 0.2) is 84.0 Å². The van der Waals surface area contributed by atoms with Crippen LogP contribution < -0.4 is 10.1 Å². The predicted octanol–water partition coefficient (Wildman–Crippen LogP) is 6.30. The van der Waals surface area contributed by atoms with Crippen molar-refractivity contribution in [3.63, 3.8) is 0 Å². The zero-order valence-corrected chi connectivity index (χ0v) is 24.5. The van der Waals surface area contributed by atoms with Crippen molar-refractivity contribution in [3.05, 3.63) is 95.6 Å². The number of aliphatic carboxylic acids is 1. The quantitative estimate of drug-likeness (QED) is 0.0804. The molecule has 0 saturated heterocycles. The summed E-state index contributed by atoms with van der Waals surface area (Å²) in [7, 11) is 0. The first-order valence-electron chi connectivity index (χ1n) is 13.5. The molecule has 0 spiro atoms. The number of alkyl halides is 5. The van der Waals surface area contributed by atoms with Crippen molar-refractivity contribution >= 4 is 24.3 Å². The molecule has 9 nitrogen and oxygen atoms in total. The number of carboxylic acid groups (broad SMARTS) is 1. The Hall–Kier alpha value is -4.56. The number of aliphatic hydroxyl groups excluding tert-OH is 1. The largest absolute Gasteiger partial charge is 0.573 e. The number of hydrazone groups is 1. The van der Waals surface area contributed by atoms with Crippen LogP contribution in [0.25, 0.3) is 5.70 Å². The monoisotopic (exact) mass is 639 g/mol. The van der Waals surface area contributed by atoms with E-state index in [1.807, 2.05) is 0 Å². The van der Waals surface area contributed by atoms with Gasteiger partial charge in [0.25, 0.3) is 5.91 Å². The van der Waals surface area contributed by atoms with E-state index in [0.29, 0.717) is 23.2 Å². The molecule has 0 radical (unpaired) electrons. The van der Waals surface area contributed by atoms with Crippen molar-refractivity contribution in [2.75, 3.05) is 6.54 Å². The third kappa shape index (κ3) is 12.2. The standard InChI is InChI=1S/C31H34F5N3O6/c1-5-24(44-30(32)33)14-6-19(2)7-17-26(22-12-15-25(16-13-22)45-31(34,35)36)39(37-4)20(3)21-8-10-23(11-9-21)28(41)38-18-27(40)29(42)43/h5-6,8-13,15-17,20,24,27,30,40H,1,4,7,14,18H2,2-3H3,(H,38,41)(H,42,43)/b19-6+,26-17-. The van der Waals surface area contributed by atoms with Crippen molar-refractivity contribution in [2.24, 2.45) is 5.10 Å². The van der Waals surface area contributed by atoms with Gasteiger partial charge in [-0.1, -0.05) is 35.9 Å². The lowest BCUT2D eigenvalue weighted by Gasteiger charge is -2.29. The van der Waals surface area contributed by atoms with Crippen molar-refractivity contribution in [2.45, 2.75) is 57.9 Å². The minimum absolute atomic E-state index is 0.140. The molecule has 2 aromatic carbocycles. The second-order valence-corrected chi connectivity index (χ2v) is 9.67. The topological polar surface area (TPSA) is 121 Å². The fourth-order valence-electron chi connectivity index (χ4n) is 4.01. The molecule has 2 aromatic rings. The van der Waals surface area contributed by atoms with Crippen molar-refractivity contribution in [1.29, 1.82) is 0 Å². The van der Waals surface area contributed by atoms with E-state index in [4.69, 9.17) is 5.11 Å². The van der Waals surface area contributed by atoms with E-state index >= 15 is 0 Å². The van der Waals surface area contributed by atoms with E-state index in [-0.39, 0.29) is 12.0 Å². The minimum Gasteiger partial charge on any atom is -0.479 e. The second kappa shape index (κ2) is 17.1. The lowest BCUT2D eigenvalue weighted by atomic mass is 10.0. The van der Waals surface area contributed by atoms with Gasteiger partial charge in [0, 0.05) is 12.3 Å². The normalized spacial score (nSPS) is 14.3. The molecule has 0 fully saturated rings. The molecular formula is C31H34F5N3O6. The highest BCUT2D eigenvalue weighted by atomic mass is 19.4. The third-order valence-electron chi connectivity index (χ3n) is 6.40. The number of amides is 1. The summed E-state index contributed by atoms with van der Waals surface area (Å²) in [5.41, 5.74) is 2.56. The number of hydrogen-bond acceptors (Lipinski definition) is 7. The fraction of sp³-hybridized carbons (Fsp3) is 0.323. The Balaban J connectivity index is 2.37. The Bertz CT molecular complexity index is 1360. The minimum atomic E-state index is -4.87. The lowest BCUT2D eigenvalue weighted by Crippen LogP contribution is -2.36. The van der Waals surface area contributed by atoms with Gasteiger partial charge >= 0.3 is 18.9 Å². The Morgan fingerprint density at radius 1 is 1.07 bits per heavy atom. The molecule has 1 amide bonds. The van der Waals surface area contributed by atoms with Crippen LogP contribution in [0.5, 0.6) is 5.75 Å². The number of allylic oxidation sites excluding steroid dienone is 2. The van der Waals surface area contributed by atoms with Gasteiger partial charge < -0.3 is 25.0 Å². The number of hydrogen-bond donors (Lipinski definition) is 3. The van der Waals surface area contributed by atoms with Gasteiger partial charge in [-0.05, 0) is 74.2 Å². The first kappa shape index (κ1) is 36.6. The Morgan fingerprint density at radius 3 is 2.18 bits per heavy atom. The number of halogens is 5. The highest BCUT2D eigenvalue weighted by Crippen LogP contribution is 2.33. The molecule has 0 heterocycles. The number of benzene rings is 2. The summed E-state index contributed by atoms with van der Waals surface area (Å²) in [5, 5.41) is 26.1. The lowest BCUT2D eigenvalue weighted by molar-refractivity contribution is -0.274. The van der Waals surface area contributed by atoms with Crippen LogP contribution in [0.4, 0.5) is 22.0 Å². The molecular weight excluding hydrogens is 605 g/mol. The van der Waals surface area contributed by atoms with Gasteiger partial charge in [-0.2, -0.15) is 13.9 Å². The summed E-state index contributed by atoms with van der Waals surface area (Å²) in [6.07, 6.45) is -2.37. The number of carbonyl (C=O) groups is 2. The summed E-state index contributed by atoms with van der Waals surface area (Å²) >= 11 is 0. The van der Waals surface area contributed by atoms with E-state index < -0.39 is 55.4 Å². The average Bonchev–Trinajstić information content (AvgIpc) is 2.99. The van der Waals surface area contributed by atoms with E-state index in [2.05, 4.69) is 33.2 Å². The molecule has 45 heavy (non-hydrogen) atoms. The maximum Gasteiger partial charge on any atom is 0.573 e. The van der Waals surface area contributed by atoms with Crippen LogP contribution in [0.1, 0.15) is 54.2 Å². The van der Waals surface area contributed by atoms with Gasteiger partial charge in [0.2, 0.25) is 0 Å². The summed E-state index contributed by atoms with van der Waals surface area (Å²) in [6, 6.07) is 10.9. The molecule has 0 aliphatic carbocycles. The summed E-state index contributed by atoms with van der Waals surface area (Å²) in [5.74, 6) is -2.50. The third-order valence-corrected chi connectivity index (χ3v) is 6.40. The predicted molar refractivity (Wildman–Crippen MR) is 157 cm³/mol. The number of aliphatic hydroxyl groups is 1. The highest BCUT2D eigenvalue weighted by molar-refractivity contribution is 5.94. The smallest absolute Gasteiger partial charge is 0.479 e. The molecule has 3 N–H and O–H groups in total. The van der Waals surface area contributed by atoms with Gasteiger partial charge in [-0.25, -0.2) is 4.79 Å². The number of ether oxygens (including phenoxy) is 2. The van der Waals surface area contributed by atoms with Crippen LogP contribution in [-0.2, 0) is 9.53 Å². The molecule has 0 saturated carbocycles. The molecule has 3 atom stereocenters. The summed E-state index contributed by atoms with van der Waals surface area (Å²) in [4.78, 5) is 23.1. The van der Waals surface area contributed by atoms with Gasteiger partial charge in [0.15, 0.2) is 6.10 Å². The van der Waals surface area contributed by atoms with Gasteiger partial charge in [-0.3, -0.25) is 9.80 Å². The van der Waals surface area contributed by atoms with Crippen molar-refractivity contribution in [1.82, 2.24) is 10.3 Å². The number of nitrogens with zero attached hydrogens (tertiary/aromatic N) is 2. The van der Waals surface area contributed by atoms with Gasteiger partial charge in [-0.15, -0.1) is 19.8 Å². The maximum atomic E-state index is 12.7. The first-order valence-corrected chi connectivity index (χ1v) is 13.5. The molecule has 2 rings (SSSR count). The van der Waals surface area contributed by atoms with Crippen LogP contribution in [-0.4, -0.2) is 65.5 Å². The zero-order chi connectivity index (χ0) is 33.7. The van der Waals surface area contributed by atoms with Crippen LogP contribution >= 0.6 is 0 Å². The first-order chi connectivity index (χ1) is 21.1. The van der Waals surface area contributed by atoms with E-state index in [9.17, 15) is 36.6 Å². The van der Waals surface area contributed by atoms with Crippen LogP contribution in [0.3, 0.4) is 0 Å². The highest BCUT2D eigenvalue weighted by Gasteiger charge is 2.31. The second-order valence-electron chi connectivity index (χ2n) is 9.67. The zero-order valence-electron chi connectivity index (χ0n) is 24.5. The fourth-order valence-corrected chi connectivity index (χ4v) is 4.01. The number of rotatable bonds is 17. The maximum absolute atomic E-state index is 12.7. The number of nitrogens with one attached hydrogen (secondary N) is 1. The Labute approximate surface area is 256 Å². The van der Waals surface area contributed by atoms with Crippen molar-refractivity contribution in [3.8, 4) is 5.75 Å². The Morgan fingerprint density at radius 2 is 1.67 bits per heavy atom. The van der Waals surface area contributed by atoms with Gasteiger partial charge in [0.1, 0.15) is 5.75 Å². The Kier molecular flexibility index (Phi) is 13.9. The summed E-state index contributed by atoms with van der Waals surface area (Å²) in [6.45, 7) is 7.26. The SMILES string of the molecule is C=CC(C/C=C(\C)C/C=C(/c1ccc(OC(F)(F)F)cc1)N(N=C)C(C)c1ccc(C(=O)NCC(O)C(=O)O)cc1)OC(F)F. The van der Waals surface area contributed by atoms with Crippen LogP contribution in [0.2, 0.25) is 0 Å². The number of carbonyl (C=O) groups excluding carboxylic acids is 1. The molecule has 0 aliphatic heterocycles. The molecule has 14 heteroatoms. The van der Waals surface area contributed by atoms with Crippen LogP contribution in [0, 0.1) is 0 Å². The van der Waals surface area contributed by atoms with E-state index in [1.165, 1.54) is 35.4 Å². The van der Waals surface area contributed by atoms with E-state index in [0.717, 1.165) is 17.7 Å². The van der Waals surface area contributed by atoms with Crippen molar-refractivity contribution < 1.29 is 51.2 Å². The van der Waals surface area contributed by atoms with E-state index in [1.54, 1.807) is 38.1 Å². The van der Waals surface area contributed by atoms with Gasteiger partial charge in [0.05, 0.1) is 24.4 Å². The molecule has 0 bridgehead atoms. The molecule has 244 valence electrons. The average molecular weight is 640 g/mol.